The highest BCUT2D eigenvalue weighted by Crippen LogP contribution is 2.28. The standard InChI is InChI=1S/C30H33N3O3/c1-4-11-23-16-17-27(28(20-23)35-3)36-19-10-9-18-33-26-15-8-7-14-25(26)32-29(33)21-31-30(34)24-13-6-5-12-22(24)2/h4-8,12-17,20H,1,9-11,18-19,21H2,2-3H3,(H,31,34). The maximum atomic E-state index is 12.7. The number of aromatic nitrogens is 2. The molecule has 1 aromatic heterocycles. The number of carbonyl (C=O) groups excluding carboxylic acids is 1. The molecule has 4 rings (SSSR count). The van der Waals surface area contributed by atoms with Crippen molar-refractivity contribution in [2.45, 2.75) is 39.3 Å². The number of ether oxygens (including phenoxy) is 2. The second kappa shape index (κ2) is 12.1. The highest BCUT2D eigenvalue weighted by Gasteiger charge is 2.13. The van der Waals surface area contributed by atoms with Crippen molar-refractivity contribution in [1.82, 2.24) is 14.9 Å². The van der Waals surface area contributed by atoms with Gasteiger partial charge in [0, 0.05) is 12.1 Å². The molecule has 1 N–H and O–H groups in total. The third kappa shape index (κ3) is 5.95. The summed E-state index contributed by atoms with van der Waals surface area (Å²) in [6, 6.07) is 21.7. The van der Waals surface area contributed by atoms with E-state index in [4.69, 9.17) is 14.5 Å². The van der Waals surface area contributed by atoms with Gasteiger partial charge in [-0.25, -0.2) is 4.98 Å². The minimum atomic E-state index is -0.0897. The highest BCUT2D eigenvalue weighted by molar-refractivity contribution is 5.95. The number of aryl methyl sites for hydroxylation is 2. The Morgan fingerprint density at radius 2 is 1.86 bits per heavy atom. The summed E-state index contributed by atoms with van der Waals surface area (Å²) in [7, 11) is 1.66. The van der Waals surface area contributed by atoms with Crippen LogP contribution >= 0.6 is 0 Å². The Bertz CT molecular complexity index is 1340. The number of methoxy groups -OCH3 is 1. The van der Waals surface area contributed by atoms with Gasteiger partial charge in [0.1, 0.15) is 5.82 Å². The van der Waals surface area contributed by atoms with E-state index in [-0.39, 0.29) is 5.91 Å². The molecule has 0 fully saturated rings. The summed E-state index contributed by atoms with van der Waals surface area (Å²) in [5.41, 5.74) is 4.78. The molecule has 6 nitrogen and oxygen atoms in total. The topological polar surface area (TPSA) is 65.4 Å². The number of hydrogen-bond donors (Lipinski definition) is 1. The summed E-state index contributed by atoms with van der Waals surface area (Å²) in [6.07, 6.45) is 4.45. The van der Waals surface area contributed by atoms with E-state index in [9.17, 15) is 4.79 Å². The molecule has 6 heteroatoms. The molecule has 1 amide bonds. The third-order valence-electron chi connectivity index (χ3n) is 6.17. The van der Waals surface area contributed by atoms with Crippen molar-refractivity contribution in [3.63, 3.8) is 0 Å². The fraction of sp³-hybridized carbons (Fsp3) is 0.267. The van der Waals surface area contributed by atoms with Gasteiger partial charge in [0.15, 0.2) is 11.5 Å². The molecule has 186 valence electrons. The Kier molecular flexibility index (Phi) is 8.40. The smallest absolute Gasteiger partial charge is 0.251 e. The van der Waals surface area contributed by atoms with Crippen LogP contribution in [0.4, 0.5) is 0 Å². The van der Waals surface area contributed by atoms with E-state index in [1.54, 1.807) is 7.11 Å². The number of carbonyl (C=O) groups is 1. The summed E-state index contributed by atoms with van der Waals surface area (Å²) in [5.74, 6) is 2.24. The number of fused-ring (bicyclic) bond motifs is 1. The summed E-state index contributed by atoms with van der Waals surface area (Å²) in [4.78, 5) is 17.5. The highest BCUT2D eigenvalue weighted by atomic mass is 16.5. The zero-order chi connectivity index (χ0) is 25.3. The molecule has 0 aliphatic heterocycles. The Morgan fingerprint density at radius 1 is 1.06 bits per heavy atom. The molecule has 0 bridgehead atoms. The Labute approximate surface area is 212 Å². The monoisotopic (exact) mass is 483 g/mol. The molecule has 0 unspecified atom stereocenters. The van der Waals surface area contributed by atoms with Crippen LogP contribution in [0, 0.1) is 6.92 Å². The molecule has 3 aromatic carbocycles. The van der Waals surface area contributed by atoms with Crippen molar-refractivity contribution < 1.29 is 14.3 Å². The van der Waals surface area contributed by atoms with Crippen LogP contribution in [-0.2, 0) is 19.5 Å². The number of nitrogens with zero attached hydrogens (tertiary/aromatic N) is 2. The number of imidazole rings is 1. The normalized spacial score (nSPS) is 10.8. The lowest BCUT2D eigenvalue weighted by molar-refractivity contribution is 0.0949. The molecule has 0 saturated heterocycles. The van der Waals surface area contributed by atoms with E-state index in [2.05, 4.69) is 22.5 Å². The second-order valence-corrected chi connectivity index (χ2v) is 8.70. The molecular formula is C30H33N3O3. The maximum Gasteiger partial charge on any atom is 0.251 e. The van der Waals surface area contributed by atoms with Crippen LogP contribution in [0.3, 0.4) is 0 Å². The van der Waals surface area contributed by atoms with Crippen LogP contribution in [0.25, 0.3) is 11.0 Å². The zero-order valence-electron chi connectivity index (χ0n) is 21.0. The molecule has 0 aliphatic rings. The van der Waals surface area contributed by atoms with Gasteiger partial charge in [-0.2, -0.15) is 0 Å². The summed E-state index contributed by atoms with van der Waals surface area (Å²) < 4.78 is 13.7. The number of rotatable bonds is 12. The molecule has 0 atom stereocenters. The fourth-order valence-electron chi connectivity index (χ4n) is 4.27. The lowest BCUT2D eigenvalue weighted by atomic mass is 10.1. The predicted molar refractivity (Wildman–Crippen MR) is 144 cm³/mol. The van der Waals surface area contributed by atoms with Gasteiger partial charge in [0.25, 0.3) is 5.91 Å². The lowest BCUT2D eigenvalue weighted by Gasteiger charge is -2.13. The first-order valence-electron chi connectivity index (χ1n) is 12.3. The van der Waals surface area contributed by atoms with E-state index in [1.165, 1.54) is 0 Å². The SMILES string of the molecule is C=CCc1ccc(OCCCCn2c(CNC(=O)c3ccccc3C)nc3ccccc32)c(OC)c1. The van der Waals surface area contributed by atoms with Crippen molar-refractivity contribution in [2.24, 2.45) is 0 Å². The van der Waals surface area contributed by atoms with Crippen LogP contribution in [0.15, 0.2) is 79.4 Å². The van der Waals surface area contributed by atoms with Crippen molar-refractivity contribution in [1.29, 1.82) is 0 Å². The van der Waals surface area contributed by atoms with Crippen LogP contribution in [0.5, 0.6) is 11.5 Å². The first kappa shape index (κ1) is 25.0. The third-order valence-corrected chi connectivity index (χ3v) is 6.17. The van der Waals surface area contributed by atoms with Gasteiger partial charge in [0.05, 0.1) is 31.3 Å². The number of benzene rings is 3. The summed E-state index contributed by atoms with van der Waals surface area (Å²) in [5, 5.41) is 3.04. The van der Waals surface area contributed by atoms with Gasteiger partial charge < -0.3 is 19.4 Å². The van der Waals surface area contributed by atoms with Crippen molar-refractivity contribution in [2.75, 3.05) is 13.7 Å². The first-order chi connectivity index (χ1) is 17.6. The van der Waals surface area contributed by atoms with Crippen LogP contribution in [0.2, 0.25) is 0 Å². The van der Waals surface area contributed by atoms with Gasteiger partial charge in [0.2, 0.25) is 0 Å². The Morgan fingerprint density at radius 3 is 2.67 bits per heavy atom. The molecule has 0 aliphatic carbocycles. The Hall–Kier alpha value is -4.06. The number of nitrogens with one attached hydrogen (secondary N) is 1. The van der Waals surface area contributed by atoms with Crippen molar-refractivity contribution in [3.8, 4) is 11.5 Å². The summed E-state index contributed by atoms with van der Waals surface area (Å²) in [6.45, 7) is 7.47. The van der Waals surface area contributed by atoms with E-state index in [0.717, 1.165) is 65.3 Å². The summed E-state index contributed by atoms with van der Waals surface area (Å²) >= 11 is 0. The lowest BCUT2D eigenvalue weighted by Crippen LogP contribution is -2.25. The van der Waals surface area contributed by atoms with Crippen LogP contribution in [0.1, 0.15) is 40.2 Å². The minimum absolute atomic E-state index is 0.0897. The largest absolute Gasteiger partial charge is 0.493 e. The van der Waals surface area contributed by atoms with Gasteiger partial charge in [-0.15, -0.1) is 6.58 Å². The van der Waals surface area contributed by atoms with Crippen LogP contribution in [-0.4, -0.2) is 29.2 Å². The molecule has 36 heavy (non-hydrogen) atoms. The van der Waals surface area contributed by atoms with Gasteiger partial charge in [-0.1, -0.05) is 42.5 Å². The molecule has 4 aromatic rings. The van der Waals surface area contributed by atoms with Gasteiger partial charge in [-0.3, -0.25) is 4.79 Å². The van der Waals surface area contributed by atoms with E-state index < -0.39 is 0 Å². The number of hydrogen-bond acceptors (Lipinski definition) is 4. The number of unbranched alkanes of at least 4 members (excludes halogenated alkanes) is 1. The average molecular weight is 484 g/mol. The zero-order valence-corrected chi connectivity index (χ0v) is 21.0. The van der Waals surface area contributed by atoms with E-state index in [0.29, 0.717) is 18.7 Å². The first-order valence-corrected chi connectivity index (χ1v) is 12.3. The fourth-order valence-corrected chi connectivity index (χ4v) is 4.27. The molecule has 0 radical (unpaired) electrons. The molecule has 1 heterocycles. The van der Waals surface area contributed by atoms with Crippen LogP contribution < -0.4 is 14.8 Å². The predicted octanol–water partition coefficient (Wildman–Crippen LogP) is 5.87. The van der Waals surface area contributed by atoms with Gasteiger partial charge >= 0.3 is 0 Å². The molecular weight excluding hydrogens is 450 g/mol. The second-order valence-electron chi connectivity index (χ2n) is 8.70. The van der Waals surface area contributed by atoms with Crippen molar-refractivity contribution >= 4 is 16.9 Å². The molecule has 0 saturated carbocycles. The quantitative estimate of drug-likeness (QED) is 0.202. The number of allylic oxidation sites excluding steroid dienone is 1. The average Bonchev–Trinajstić information content (AvgIpc) is 3.25. The minimum Gasteiger partial charge on any atom is -0.493 e. The molecule has 0 spiro atoms. The van der Waals surface area contributed by atoms with Gasteiger partial charge in [-0.05, 0) is 67.6 Å². The van der Waals surface area contributed by atoms with E-state index >= 15 is 0 Å². The van der Waals surface area contributed by atoms with E-state index in [1.807, 2.05) is 73.7 Å². The number of amides is 1. The Balaban J connectivity index is 1.37. The number of para-hydroxylation sites is 2. The van der Waals surface area contributed by atoms with Crippen molar-refractivity contribution in [3.05, 3.63) is 102 Å². The maximum absolute atomic E-state index is 12.7.